The van der Waals surface area contributed by atoms with Crippen LogP contribution in [0.2, 0.25) is 0 Å². The quantitative estimate of drug-likeness (QED) is 0.621. The van der Waals surface area contributed by atoms with Gasteiger partial charge in [0.2, 0.25) is 0 Å². The van der Waals surface area contributed by atoms with Crippen LogP contribution in [0.5, 0.6) is 0 Å². The number of anilines is 1. The van der Waals surface area contributed by atoms with Gasteiger partial charge in [0.1, 0.15) is 0 Å². The van der Waals surface area contributed by atoms with E-state index in [-0.39, 0.29) is 0 Å². The molecule has 1 aromatic carbocycles. The van der Waals surface area contributed by atoms with Crippen molar-refractivity contribution in [3.63, 3.8) is 0 Å². The maximum atomic E-state index is 3.41. The molecule has 13 heavy (non-hydrogen) atoms. The minimum atomic E-state index is 0.966. The molecule has 2 nitrogen and oxygen atoms in total. The zero-order chi connectivity index (χ0) is 8.67. The third kappa shape index (κ3) is 0.988. The van der Waals surface area contributed by atoms with Gasteiger partial charge in [0, 0.05) is 30.9 Å². The summed E-state index contributed by atoms with van der Waals surface area (Å²) < 4.78 is 0. The van der Waals surface area contributed by atoms with Gasteiger partial charge < -0.3 is 10.6 Å². The number of hydrogen-bond donors (Lipinski definition) is 2. The summed E-state index contributed by atoms with van der Waals surface area (Å²) in [5, 5.41) is 6.80. The lowest BCUT2D eigenvalue weighted by Crippen LogP contribution is -2.26. The van der Waals surface area contributed by atoms with Gasteiger partial charge in [-0.2, -0.15) is 0 Å². The molecule has 0 amide bonds. The van der Waals surface area contributed by atoms with E-state index in [1.165, 1.54) is 22.4 Å². The molecular weight excluding hydrogens is 160 g/mol. The number of benzene rings is 1. The van der Waals surface area contributed by atoms with Crippen LogP contribution in [0.4, 0.5) is 5.69 Å². The van der Waals surface area contributed by atoms with Gasteiger partial charge in [-0.05, 0) is 17.2 Å². The highest BCUT2D eigenvalue weighted by atomic mass is 14.9. The highest BCUT2D eigenvalue weighted by Crippen LogP contribution is 2.32. The summed E-state index contributed by atoms with van der Waals surface area (Å²) in [4.78, 5) is 0. The fourth-order valence-electron chi connectivity index (χ4n) is 2.15. The topological polar surface area (TPSA) is 24.1 Å². The Balaban J connectivity index is 2.27. The first-order chi connectivity index (χ1) is 6.45. The summed E-state index contributed by atoms with van der Waals surface area (Å²) >= 11 is 0. The van der Waals surface area contributed by atoms with E-state index in [4.69, 9.17) is 0 Å². The predicted octanol–water partition coefficient (Wildman–Crippen LogP) is 1.60. The van der Waals surface area contributed by atoms with Crippen LogP contribution in [-0.2, 0) is 6.54 Å². The second-order valence-electron chi connectivity index (χ2n) is 3.55. The van der Waals surface area contributed by atoms with Crippen molar-refractivity contribution in [2.75, 3.05) is 18.4 Å². The van der Waals surface area contributed by atoms with Gasteiger partial charge in [-0.25, -0.2) is 0 Å². The first-order valence-corrected chi connectivity index (χ1v) is 4.71. The molecule has 0 aliphatic carbocycles. The first kappa shape index (κ1) is 7.15. The minimum Gasteiger partial charge on any atom is -0.381 e. The lowest BCUT2D eigenvalue weighted by Gasteiger charge is -2.26. The number of nitrogens with one attached hydrogen (secondary N) is 2. The normalized spacial score (nSPS) is 18.6. The fraction of sp³-hybridized carbons (Fsp3) is 0.273. The molecule has 2 aliphatic rings. The number of rotatable bonds is 0. The Morgan fingerprint density at radius 1 is 1.15 bits per heavy atom. The monoisotopic (exact) mass is 172 g/mol. The van der Waals surface area contributed by atoms with Crippen molar-refractivity contribution in [1.29, 1.82) is 0 Å². The molecule has 66 valence electrons. The van der Waals surface area contributed by atoms with Crippen LogP contribution < -0.4 is 10.6 Å². The van der Waals surface area contributed by atoms with Crippen LogP contribution in [0.1, 0.15) is 11.1 Å². The Kier molecular flexibility index (Phi) is 1.43. The van der Waals surface area contributed by atoms with Crippen molar-refractivity contribution >= 4 is 11.3 Å². The van der Waals surface area contributed by atoms with E-state index in [1.54, 1.807) is 0 Å². The molecular formula is C11H12N2. The molecule has 0 bridgehead atoms. The van der Waals surface area contributed by atoms with Crippen LogP contribution in [0.3, 0.4) is 0 Å². The molecule has 2 heteroatoms. The average Bonchev–Trinajstić information content (AvgIpc) is 2.19. The largest absolute Gasteiger partial charge is 0.381 e. The van der Waals surface area contributed by atoms with Gasteiger partial charge in [0.05, 0.1) is 0 Å². The van der Waals surface area contributed by atoms with E-state index in [0.717, 1.165) is 19.6 Å². The fourth-order valence-corrected chi connectivity index (χ4v) is 2.15. The van der Waals surface area contributed by atoms with Gasteiger partial charge in [0.25, 0.3) is 0 Å². The molecule has 0 fully saturated rings. The molecule has 0 radical (unpaired) electrons. The average molecular weight is 172 g/mol. The molecule has 2 N–H and O–H groups in total. The van der Waals surface area contributed by atoms with Gasteiger partial charge in [0.15, 0.2) is 0 Å². The summed E-state index contributed by atoms with van der Waals surface area (Å²) in [7, 11) is 0. The van der Waals surface area contributed by atoms with Crippen molar-refractivity contribution < 1.29 is 0 Å². The zero-order valence-corrected chi connectivity index (χ0v) is 7.43. The predicted molar refractivity (Wildman–Crippen MR) is 54.6 cm³/mol. The Labute approximate surface area is 77.7 Å². The van der Waals surface area contributed by atoms with E-state index >= 15 is 0 Å². The first-order valence-electron chi connectivity index (χ1n) is 4.71. The summed E-state index contributed by atoms with van der Waals surface area (Å²) in [6.45, 7) is 2.99. The van der Waals surface area contributed by atoms with Crippen LogP contribution in [0.15, 0.2) is 24.3 Å². The molecule has 0 saturated heterocycles. The van der Waals surface area contributed by atoms with E-state index in [0.29, 0.717) is 0 Å². The third-order valence-electron chi connectivity index (χ3n) is 2.74. The maximum Gasteiger partial charge on any atom is 0.0422 e. The van der Waals surface area contributed by atoms with Crippen molar-refractivity contribution in [1.82, 2.24) is 5.32 Å². The SMILES string of the molecule is C1=C2CNCc3cccc(c32)NC1. The van der Waals surface area contributed by atoms with Crippen LogP contribution in [0, 0.1) is 0 Å². The van der Waals surface area contributed by atoms with Crippen molar-refractivity contribution in [2.45, 2.75) is 6.54 Å². The Hall–Kier alpha value is -1.28. The summed E-state index contributed by atoms with van der Waals surface area (Å²) in [6.07, 6.45) is 2.28. The lowest BCUT2D eigenvalue weighted by molar-refractivity contribution is 0.741. The highest BCUT2D eigenvalue weighted by molar-refractivity contribution is 5.83. The molecule has 2 heterocycles. The molecule has 0 atom stereocenters. The van der Waals surface area contributed by atoms with Gasteiger partial charge in [-0.1, -0.05) is 18.2 Å². The standard InChI is InChI=1S/C11H12N2/c1-2-8-6-12-7-9-4-5-13-10(3-1)11(8)9/h1-4,12-13H,5-7H2. The second-order valence-corrected chi connectivity index (χ2v) is 3.55. The third-order valence-corrected chi connectivity index (χ3v) is 2.74. The van der Waals surface area contributed by atoms with E-state index in [1.807, 2.05) is 0 Å². The summed E-state index contributed by atoms with van der Waals surface area (Å²) in [6, 6.07) is 6.49. The summed E-state index contributed by atoms with van der Waals surface area (Å²) in [5.74, 6) is 0. The maximum absolute atomic E-state index is 3.41. The Morgan fingerprint density at radius 3 is 3.15 bits per heavy atom. The lowest BCUT2D eigenvalue weighted by atomic mass is 9.92. The summed E-state index contributed by atoms with van der Waals surface area (Å²) in [5.41, 5.74) is 5.61. The van der Waals surface area contributed by atoms with Crippen molar-refractivity contribution in [3.05, 3.63) is 35.4 Å². The van der Waals surface area contributed by atoms with E-state index in [2.05, 4.69) is 34.9 Å². The second kappa shape index (κ2) is 2.60. The molecule has 0 spiro atoms. The van der Waals surface area contributed by atoms with Gasteiger partial charge in [-0.15, -0.1) is 0 Å². The molecule has 0 unspecified atom stereocenters. The zero-order valence-electron chi connectivity index (χ0n) is 7.43. The van der Waals surface area contributed by atoms with Crippen LogP contribution in [0.25, 0.3) is 5.57 Å². The molecule has 2 aliphatic heterocycles. The smallest absolute Gasteiger partial charge is 0.0422 e. The van der Waals surface area contributed by atoms with E-state index < -0.39 is 0 Å². The number of hydrogen-bond acceptors (Lipinski definition) is 2. The van der Waals surface area contributed by atoms with Gasteiger partial charge >= 0.3 is 0 Å². The minimum absolute atomic E-state index is 0.966. The molecule has 1 aromatic rings. The molecule has 3 rings (SSSR count). The van der Waals surface area contributed by atoms with Crippen LogP contribution in [-0.4, -0.2) is 13.1 Å². The Bertz CT molecular complexity index is 380. The highest BCUT2D eigenvalue weighted by Gasteiger charge is 2.18. The van der Waals surface area contributed by atoms with Crippen molar-refractivity contribution in [2.24, 2.45) is 0 Å². The van der Waals surface area contributed by atoms with Crippen molar-refractivity contribution in [3.8, 4) is 0 Å². The van der Waals surface area contributed by atoms with E-state index in [9.17, 15) is 0 Å². The Morgan fingerprint density at radius 2 is 2.15 bits per heavy atom. The molecule has 0 saturated carbocycles. The van der Waals surface area contributed by atoms with Crippen LogP contribution >= 0.6 is 0 Å². The van der Waals surface area contributed by atoms with Gasteiger partial charge in [-0.3, -0.25) is 0 Å². The molecule has 0 aromatic heterocycles.